The number of benzene rings is 2. The van der Waals surface area contributed by atoms with Crippen LogP contribution in [0.4, 0.5) is 10.1 Å². The average molecular weight is 545 g/mol. The number of aryl methyl sites for hydroxylation is 2. The summed E-state index contributed by atoms with van der Waals surface area (Å²) in [5.41, 5.74) is 2.90. The summed E-state index contributed by atoms with van der Waals surface area (Å²) in [6.07, 6.45) is 4.73. The minimum Gasteiger partial charge on any atom is -0.340 e. The molecule has 2 N–H and O–H groups in total. The summed E-state index contributed by atoms with van der Waals surface area (Å²) in [6.45, 7) is 12.7. The van der Waals surface area contributed by atoms with Crippen molar-refractivity contribution in [3.05, 3.63) is 70.5 Å². The van der Waals surface area contributed by atoms with Gasteiger partial charge in [0.15, 0.2) is 5.96 Å². The Balaban J connectivity index is 1.23. The van der Waals surface area contributed by atoms with E-state index in [1.807, 2.05) is 18.2 Å². The minimum absolute atomic E-state index is 0.0682. The molecule has 3 saturated carbocycles. The van der Waals surface area contributed by atoms with Gasteiger partial charge in [0.05, 0.1) is 23.3 Å². The molecule has 1 saturated heterocycles. The molecule has 40 heavy (non-hydrogen) atoms. The molecule has 5 atom stereocenters. The van der Waals surface area contributed by atoms with Gasteiger partial charge in [-0.05, 0) is 85.3 Å². The van der Waals surface area contributed by atoms with E-state index in [2.05, 4.69) is 48.2 Å². The number of anilines is 1. The van der Waals surface area contributed by atoms with Crippen LogP contribution in [0.1, 0.15) is 46.1 Å². The number of nitrogens with one attached hydrogen (secondary N) is 2. The van der Waals surface area contributed by atoms with Crippen molar-refractivity contribution in [3.63, 3.8) is 0 Å². The Morgan fingerprint density at radius 2 is 1.98 bits per heavy atom. The Morgan fingerprint density at radius 3 is 2.70 bits per heavy atom. The van der Waals surface area contributed by atoms with Crippen molar-refractivity contribution in [1.82, 2.24) is 19.8 Å². The largest absolute Gasteiger partial charge is 0.340 e. The van der Waals surface area contributed by atoms with Gasteiger partial charge in [-0.15, -0.1) is 0 Å². The SMILES string of the molecule is C[C@H]1CN(C(=NC2C[C@@H]3C[C@@H]([C@H]2C)C3(C)C)Nc2ccc3c(=O)n(CCc4ccc(F)cc4)cnc3c2)CCN1. The average Bonchev–Trinajstić information content (AvgIpc) is 2.94. The van der Waals surface area contributed by atoms with Crippen LogP contribution in [0.5, 0.6) is 0 Å². The number of piperazine rings is 1. The zero-order chi connectivity index (χ0) is 28.0. The van der Waals surface area contributed by atoms with Crippen molar-refractivity contribution in [3.8, 4) is 0 Å². The number of fused-ring (bicyclic) bond motifs is 3. The summed E-state index contributed by atoms with van der Waals surface area (Å²) in [4.78, 5) is 25.6. The summed E-state index contributed by atoms with van der Waals surface area (Å²) >= 11 is 0. The molecule has 1 aliphatic heterocycles. The molecule has 4 fully saturated rings. The highest BCUT2D eigenvalue weighted by atomic mass is 19.1. The number of aromatic nitrogens is 2. The number of hydrogen-bond acceptors (Lipinski definition) is 4. The number of nitrogens with zero attached hydrogens (tertiary/aromatic N) is 4. The van der Waals surface area contributed by atoms with Crippen molar-refractivity contribution >= 4 is 22.5 Å². The van der Waals surface area contributed by atoms with Crippen LogP contribution in [0, 0.1) is 29.0 Å². The van der Waals surface area contributed by atoms with Crippen LogP contribution in [-0.4, -0.2) is 52.1 Å². The molecule has 0 spiro atoms. The topological polar surface area (TPSA) is 74.5 Å². The van der Waals surface area contributed by atoms with Crippen molar-refractivity contribution in [2.75, 3.05) is 25.0 Å². The molecular formula is C32H41FN6O. The van der Waals surface area contributed by atoms with E-state index in [1.165, 1.54) is 18.6 Å². The molecule has 1 aromatic heterocycles. The van der Waals surface area contributed by atoms with Crippen LogP contribution in [0.3, 0.4) is 0 Å². The van der Waals surface area contributed by atoms with Crippen LogP contribution in [0.2, 0.25) is 0 Å². The number of guanidine groups is 1. The smallest absolute Gasteiger partial charge is 0.261 e. The van der Waals surface area contributed by atoms with Gasteiger partial charge in [-0.1, -0.05) is 32.9 Å². The van der Waals surface area contributed by atoms with E-state index in [0.717, 1.165) is 55.1 Å². The third-order valence-electron chi connectivity index (χ3n) is 9.91. The fourth-order valence-electron chi connectivity index (χ4n) is 7.19. The summed E-state index contributed by atoms with van der Waals surface area (Å²) in [5, 5.41) is 7.76. The maximum absolute atomic E-state index is 13.2. The summed E-state index contributed by atoms with van der Waals surface area (Å²) in [5.74, 6) is 2.71. The van der Waals surface area contributed by atoms with Crippen LogP contribution in [0.25, 0.3) is 10.9 Å². The lowest BCUT2D eigenvalue weighted by Crippen LogP contribution is -2.57. The third-order valence-corrected chi connectivity index (χ3v) is 9.91. The zero-order valence-electron chi connectivity index (χ0n) is 24.0. The van der Waals surface area contributed by atoms with Crippen molar-refractivity contribution in [2.45, 2.75) is 65.6 Å². The van der Waals surface area contributed by atoms with Gasteiger partial charge >= 0.3 is 0 Å². The van der Waals surface area contributed by atoms with Crippen LogP contribution < -0.4 is 16.2 Å². The minimum atomic E-state index is -0.258. The molecule has 212 valence electrons. The highest BCUT2D eigenvalue weighted by Gasteiger charge is 2.56. The lowest BCUT2D eigenvalue weighted by Gasteiger charge is -2.61. The molecule has 3 aliphatic carbocycles. The van der Waals surface area contributed by atoms with Crippen molar-refractivity contribution in [2.24, 2.45) is 28.2 Å². The summed E-state index contributed by atoms with van der Waals surface area (Å²) < 4.78 is 14.8. The summed E-state index contributed by atoms with van der Waals surface area (Å²) in [6, 6.07) is 12.9. The number of rotatable bonds is 5. The van der Waals surface area contributed by atoms with Gasteiger partial charge in [0, 0.05) is 37.9 Å². The van der Waals surface area contributed by atoms with E-state index in [9.17, 15) is 9.18 Å². The predicted octanol–water partition coefficient (Wildman–Crippen LogP) is 4.91. The fraction of sp³-hybridized carbons (Fsp3) is 0.531. The number of hydrogen-bond donors (Lipinski definition) is 2. The number of halogens is 1. The highest BCUT2D eigenvalue weighted by Crippen LogP contribution is 2.61. The molecule has 7 nitrogen and oxygen atoms in total. The monoisotopic (exact) mass is 544 g/mol. The standard InChI is InChI=1S/C32H41FN6O/c1-20-18-38(14-12-34-20)31(37-28-16-23-15-27(21(28)2)32(23,3)4)36-25-9-10-26-29(17-25)35-19-39(30(26)40)13-11-22-5-7-24(33)8-6-22/h5-10,17,19-21,23,27-28,34H,11-16,18H2,1-4H3,(H,36,37)/t20-,21+,23-,27-,28?/m0/s1. The first-order valence-corrected chi connectivity index (χ1v) is 14.8. The van der Waals surface area contributed by atoms with E-state index in [0.29, 0.717) is 47.3 Å². The van der Waals surface area contributed by atoms with Gasteiger partial charge in [0.1, 0.15) is 5.82 Å². The third kappa shape index (κ3) is 5.14. The molecule has 2 heterocycles. The van der Waals surface area contributed by atoms with Gasteiger partial charge in [-0.3, -0.25) is 9.36 Å². The van der Waals surface area contributed by atoms with E-state index in [4.69, 9.17) is 4.99 Å². The molecule has 8 heteroatoms. The first-order valence-electron chi connectivity index (χ1n) is 14.8. The lowest BCUT2D eigenvalue weighted by atomic mass is 9.45. The van der Waals surface area contributed by atoms with Crippen LogP contribution >= 0.6 is 0 Å². The van der Waals surface area contributed by atoms with E-state index in [1.54, 1.807) is 23.0 Å². The Hall–Kier alpha value is -3.26. The van der Waals surface area contributed by atoms with Gasteiger partial charge in [-0.25, -0.2) is 14.4 Å². The molecule has 2 bridgehead atoms. The van der Waals surface area contributed by atoms with Gasteiger partial charge in [0.25, 0.3) is 5.56 Å². The van der Waals surface area contributed by atoms with Crippen LogP contribution in [0.15, 0.2) is 58.6 Å². The Labute approximate surface area is 235 Å². The normalized spacial score (nSPS) is 27.9. The van der Waals surface area contributed by atoms with Gasteiger partial charge in [0.2, 0.25) is 0 Å². The maximum atomic E-state index is 13.2. The molecular weight excluding hydrogens is 503 g/mol. The van der Waals surface area contributed by atoms with Gasteiger partial charge < -0.3 is 15.5 Å². The van der Waals surface area contributed by atoms with E-state index < -0.39 is 0 Å². The fourth-order valence-corrected chi connectivity index (χ4v) is 7.19. The molecule has 0 radical (unpaired) electrons. The molecule has 2 aromatic carbocycles. The van der Waals surface area contributed by atoms with Crippen molar-refractivity contribution < 1.29 is 4.39 Å². The molecule has 3 aromatic rings. The molecule has 0 amide bonds. The highest BCUT2D eigenvalue weighted by molar-refractivity contribution is 5.96. The molecule has 1 unspecified atom stereocenters. The second-order valence-electron chi connectivity index (χ2n) is 12.8. The van der Waals surface area contributed by atoms with Gasteiger partial charge in [-0.2, -0.15) is 0 Å². The second kappa shape index (κ2) is 10.6. The van der Waals surface area contributed by atoms with E-state index >= 15 is 0 Å². The Bertz CT molecular complexity index is 1460. The predicted molar refractivity (Wildman–Crippen MR) is 159 cm³/mol. The quantitative estimate of drug-likeness (QED) is 0.353. The maximum Gasteiger partial charge on any atom is 0.261 e. The summed E-state index contributed by atoms with van der Waals surface area (Å²) in [7, 11) is 0. The Morgan fingerprint density at radius 1 is 1.18 bits per heavy atom. The first-order chi connectivity index (χ1) is 19.2. The zero-order valence-corrected chi connectivity index (χ0v) is 24.0. The number of aliphatic imine (C=N–C) groups is 1. The van der Waals surface area contributed by atoms with Crippen LogP contribution in [-0.2, 0) is 13.0 Å². The molecule has 7 rings (SSSR count). The first kappa shape index (κ1) is 26.9. The van der Waals surface area contributed by atoms with E-state index in [-0.39, 0.29) is 11.4 Å². The second-order valence-corrected chi connectivity index (χ2v) is 12.8. The van der Waals surface area contributed by atoms with Crippen molar-refractivity contribution in [1.29, 1.82) is 0 Å². The lowest BCUT2D eigenvalue weighted by molar-refractivity contribution is -0.108. The molecule has 4 aliphatic rings. The Kier molecular flexibility index (Phi) is 7.15.